The molecule has 0 atom stereocenters. The molecule has 1 aromatic carbocycles. The fourth-order valence-corrected chi connectivity index (χ4v) is 4.24. The first-order valence-corrected chi connectivity index (χ1v) is 9.91. The topological polar surface area (TPSA) is 65.2 Å². The van der Waals surface area contributed by atoms with Crippen LogP contribution >= 0.6 is 23.1 Å². The third kappa shape index (κ3) is 3.42. The van der Waals surface area contributed by atoms with Crippen LogP contribution in [-0.4, -0.2) is 31.7 Å². The molecule has 0 aliphatic rings. The smallest absolute Gasteiger partial charge is 0.253 e. The van der Waals surface area contributed by atoms with E-state index in [0.717, 1.165) is 39.2 Å². The zero-order chi connectivity index (χ0) is 18.1. The van der Waals surface area contributed by atoms with E-state index in [1.54, 1.807) is 34.7 Å². The third-order valence-corrected chi connectivity index (χ3v) is 5.63. The van der Waals surface area contributed by atoms with Gasteiger partial charge in [0.1, 0.15) is 10.8 Å². The lowest BCUT2D eigenvalue weighted by atomic mass is 10.2. The Kier molecular flexibility index (Phi) is 4.60. The van der Waals surface area contributed by atoms with Crippen molar-refractivity contribution in [2.24, 2.45) is 0 Å². The molecular weight excluding hydrogens is 366 g/mol. The number of nitrogens with zero attached hydrogens (tertiary/aromatic N) is 5. The van der Waals surface area contributed by atoms with E-state index in [9.17, 15) is 0 Å². The average molecular weight is 384 g/mol. The quantitative estimate of drug-likeness (QED) is 0.482. The first kappa shape index (κ1) is 17.0. The van der Waals surface area contributed by atoms with Crippen molar-refractivity contribution >= 4 is 28.9 Å². The monoisotopic (exact) mass is 383 g/mol. The average Bonchev–Trinajstić information content (AvgIpc) is 3.27. The highest BCUT2D eigenvalue weighted by Gasteiger charge is 2.11. The number of hydrogen-bond donors (Lipinski definition) is 0. The molecule has 4 aromatic rings. The van der Waals surface area contributed by atoms with Gasteiger partial charge in [0.15, 0.2) is 0 Å². The van der Waals surface area contributed by atoms with Crippen molar-refractivity contribution in [3.63, 3.8) is 0 Å². The van der Waals surface area contributed by atoms with E-state index in [-0.39, 0.29) is 0 Å². The van der Waals surface area contributed by atoms with Gasteiger partial charge in [-0.2, -0.15) is 4.98 Å². The number of methoxy groups -OCH3 is 1. The minimum Gasteiger partial charge on any atom is -0.497 e. The summed E-state index contributed by atoms with van der Waals surface area (Å²) in [5.41, 5.74) is 4.05. The van der Waals surface area contributed by atoms with Crippen LogP contribution in [0.15, 0.2) is 40.9 Å². The zero-order valence-corrected chi connectivity index (χ0v) is 16.3. The van der Waals surface area contributed by atoms with Gasteiger partial charge in [-0.3, -0.25) is 0 Å². The third-order valence-electron chi connectivity index (χ3n) is 3.82. The number of rotatable bonds is 5. The molecular formula is C18H17N5OS2. The van der Waals surface area contributed by atoms with Gasteiger partial charge in [0.25, 0.3) is 5.78 Å². The number of fused-ring (bicyclic) bond motifs is 1. The fraction of sp³-hybridized carbons (Fsp3) is 0.222. The predicted octanol–water partition coefficient (Wildman–Crippen LogP) is 4.17. The van der Waals surface area contributed by atoms with Crippen LogP contribution in [0.2, 0.25) is 0 Å². The highest BCUT2D eigenvalue weighted by Crippen LogP contribution is 2.29. The maximum Gasteiger partial charge on any atom is 0.253 e. The highest BCUT2D eigenvalue weighted by atomic mass is 32.2. The summed E-state index contributed by atoms with van der Waals surface area (Å²) in [6, 6.07) is 9.94. The van der Waals surface area contributed by atoms with Gasteiger partial charge >= 0.3 is 0 Å². The molecule has 0 saturated heterocycles. The molecule has 0 N–H and O–H groups in total. The number of ether oxygens (including phenoxy) is 1. The van der Waals surface area contributed by atoms with Gasteiger partial charge in [-0.25, -0.2) is 14.5 Å². The van der Waals surface area contributed by atoms with Crippen LogP contribution in [0.25, 0.3) is 16.3 Å². The van der Waals surface area contributed by atoms with Crippen molar-refractivity contribution in [1.82, 2.24) is 24.6 Å². The fourth-order valence-electron chi connectivity index (χ4n) is 2.61. The predicted molar refractivity (Wildman–Crippen MR) is 104 cm³/mol. The van der Waals surface area contributed by atoms with Gasteiger partial charge < -0.3 is 4.74 Å². The summed E-state index contributed by atoms with van der Waals surface area (Å²) in [7, 11) is 1.67. The molecule has 0 spiro atoms. The van der Waals surface area contributed by atoms with Crippen molar-refractivity contribution in [1.29, 1.82) is 0 Å². The van der Waals surface area contributed by atoms with Crippen LogP contribution in [0, 0.1) is 13.8 Å². The zero-order valence-electron chi connectivity index (χ0n) is 14.6. The minimum atomic E-state index is 0.639. The summed E-state index contributed by atoms with van der Waals surface area (Å²) in [5.74, 6) is 2.19. The van der Waals surface area contributed by atoms with Crippen LogP contribution in [0.4, 0.5) is 0 Å². The maximum absolute atomic E-state index is 5.28. The Hall–Kier alpha value is -2.45. The Bertz CT molecular complexity index is 1070. The Labute approximate surface area is 159 Å². The van der Waals surface area contributed by atoms with E-state index in [1.807, 2.05) is 44.2 Å². The van der Waals surface area contributed by atoms with Gasteiger partial charge in [0.05, 0.1) is 12.8 Å². The maximum atomic E-state index is 5.28. The van der Waals surface area contributed by atoms with Gasteiger partial charge in [-0.1, -0.05) is 23.9 Å². The summed E-state index contributed by atoms with van der Waals surface area (Å²) >= 11 is 3.19. The Morgan fingerprint density at radius 2 is 2.04 bits per heavy atom. The lowest BCUT2D eigenvalue weighted by Gasteiger charge is -2.01. The first-order valence-electron chi connectivity index (χ1n) is 8.05. The van der Waals surface area contributed by atoms with E-state index < -0.39 is 0 Å². The van der Waals surface area contributed by atoms with E-state index in [4.69, 9.17) is 9.72 Å². The van der Waals surface area contributed by atoms with Crippen LogP contribution < -0.4 is 4.74 Å². The molecule has 4 rings (SSSR count). The molecule has 132 valence electrons. The number of thiazole rings is 1. The van der Waals surface area contributed by atoms with Crippen LogP contribution in [-0.2, 0) is 5.75 Å². The summed E-state index contributed by atoms with van der Waals surface area (Å²) in [5, 5.41) is 8.29. The second kappa shape index (κ2) is 7.05. The van der Waals surface area contributed by atoms with Crippen molar-refractivity contribution in [2.75, 3.05) is 7.11 Å². The van der Waals surface area contributed by atoms with Gasteiger partial charge in [-0.05, 0) is 32.0 Å². The number of aryl methyl sites for hydroxylation is 2. The summed E-state index contributed by atoms with van der Waals surface area (Å²) in [6.07, 6.45) is 0. The van der Waals surface area contributed by atoms with Crippen molar-refractivity contribution in [2.45, 2.75) is 24.8 Å². The van der Waals surface area contributed by atoms with Gasteiger partial charge in [0.2, 0.25) is 5.16 Å². The summed E-state index contributed by atoms with van der Waals surface area (Å²) < 4.78 is 7.06. The second-order valence-electron chi connectivity index (χ2n) is 5.81. The van der Waals surface area contributed by atoms with E-state index in [2.05, 4.69) is 20.4 Å². The molecule has 3 heterocycles. The first-order chi connectivity index (χ1) is 12.6. The van der Waals surface area contributed by atoms with Crippen LogP contribution in [0.1, 0.15) is 17.1 Å². The van der Waals surface area contributed by atoms with Gasteiger partial charge in [-0.15, -0.1) is 16.4 Å². The van der Waals surface area contributed by atoms with Crippen LogP contribution in [0.5, 0.6) is 5.75 Å². The lowest BCUT2D eigenvalue weighted by molar-refractivity contribution is 0.415. The Balaban J connectivity index is 1.50. The molecule has 0 aliphatic carbocycles. The van der Waals surface area contributed by atoms with Crippen molar-refractivity contribution < 1.29 is 4.74 Å². The second-order valence-corrected chi connectivity index (χ2v) is 7.61. The summed E-state index contributed by atoms with van der Waals surface area (Å²) in [4.78, 5) is 13.6. The minimum absolute atomic E-state index is 0.639. The number of hydrogen-bond acceptors (Lipinski definition) is 7. The number of aromatic nitrogens is 5. The molecule has 0 bridgehead atoms. The van der Waals surface area contributed by atoms with Crippen molar-refractivity contribution in [3.05, 3.63) is 52.8 Å². The standard InChI is InChI=1S/C18H17N5OS2/c1-11-7-12(2)23-17(19-11)21-18(22-23)26-10-14-9-25-16(20-14)13-5-4-6-15(8-13)24-3/h4-9H,10H2,1-3H3. The molecule has 26 heavy (non-hydrogen) atoms. The molecule has 6 nitrogen and oxygen atoms in total. The SMILES string of the molecule is COc1cccc(-c2nc(CSc3nc4nc(C)cc(C)n4n3)cs2)c1. The molecule has 0 amide bonds. The largest absolute Gasteiger partial charge is 0.497 e. The molecule has 0 saturated carbocycles. The van der Waals surface area contributed by atoms with E-state index in [0.29, 0.717) is 10.9 Å². The van der Waals surface area contributed by atoms with Crippen LogP contribution in [0.3, 0.4) is 0 Å². The molecule has 0 fully saturated rings. The number of thioether (sulfide) groups is 1. The molecule has 0 aliphatic heterocycles. The Morgan fingerprint density at radius 3 is 2.88 bits per heavy atom. The number of benzene rings is 1. The van der Waals surface area contributed by atoms with Gasteiger partial charge in [0, 0.05) is 28.1 Å². The molecule has 3 aromatic heterocycles. The van der Waals surface area contributed by atoms with Crippen molar-refractivity contribution in [3.8, 4) is 16.3 Å². The molecule has 0 unspecified atom stereocenters. The lowest BCUT2D eigenvalue weighted by Crippen LogP contribution is -1.97. The normalized spacial score (nSPS) is 11.2. The van der Waals surface area contributed by atoms with E-state index >= 15 is 0 Å². The van der Waals surface area contributed by atoms with E-state index in [1.165, 1.54) is 0 Å². The Morgan fingerprint density at radius 1 is 1.15 bits per heavy atom. The molecule has 0 radical (unpaired) electrons. The highest BCUT2D eigenvalue weighted by molar-refractivity contribution is 7.98. The molecule has 8 heteroatoms. The summed E-state index contributed by atoms with van der Waals surface area (Å²) in [6.45, 7) is 3.97.